The van der Waals surface area contributed by atoms with Crippen LogP contribution in [0, 0.1) is 27.7 Å². The molecule has 0 bridgehead atoms. The van der Waals surface area contributed by atoms with Crippen LogP contribution in [0.15, 0.2) is 58.3 Å². The molecule has 0 amide bonds. The molecule has 0 aliphatic rings. The second kappa shape index (κ2) is 7.76. The second-order valence-electron chi connectivity index (χ2n) is 7.18. The number of sulfone groups is 1. The van der Waals surface area contributed by atoms with Crippen molar-refractivity contribution in [2.24, 2.45) is 0 Å². The van der Waals surface area contributed by atoms with Crippen molar-refractivity contribution < 1.29 is 8.42 Å². The zero-order chi connectivity index (χ0) is 20.5. The second-order valence-corrected chi connectivity index (χ2v) is 9.09. The Bertz CT molecular complexity index is 1120. The summed E-state index contributed by atoms with van der Waals surface area (Å²) in [6, 6.07) is 14.5. The number of aryl methyl sites for hydroxylation is 5. The van der Waals surface area contributed by atoms with E-state index in [1.54, 1.807) is 24.3 Å². The van der Waals surface area contributed by atoms with E-state index in [-0.39, 0.29) is 9.79 Å². The summed E-state index contributed by atoms with van der Waals surface area (Å²) in [5, 5.41) is 3.26. The number of hydrogen-bond acceptors (Lipinski definition) is 4. The minimum Gasteiger partial charge on any atom is -0.339 e. The minimum absolute atomic E-state index is 0.181. The molecule has 0 saturated heterocycles. The van der Waals surface area contributed by atoms with Crippen molar-refractivity contribution in [2.75, 3.05) is 5.32 Å². The van der Waals surface area contributed by atoms with Crippen LogP contribution in [0.2, 0.25) is 0 Å². The quantitative estimate of drug-likeness (QED) is 0.625. The van der Waals surface area contributed by atoms with Gasteiger partial charge in [0.2, 0.25) is 9.84 Å². The van der Waals surface area contributed by atoms with Gasteiger partial charge in [-0.15, -0.1) is 0 Å². The maximum Gasteiger partial charge on any atom is 0.210 e. The van der Waals surface area contributed by atoms with Crippen LogP contribution in [0.1, 0.15) is 34.9 Å². The van der Waals surface area contributed by atoms with E-state index in [1.165, 1.54) is 5.56 Å². The van der Waals surface area contributed by atoms with E-state index in [9.17, 15) is 8.42 Å². The van der Waals surface area contributed by atoms with Crippen LogP contribution >= 0.6 is 0 Å². The molecule has 5 heteroatoms. The first-order chi connectivity index (χ1) is 13.2. The number of rotatable bonds is 5. The number of pyridine rings is 1. The maximum atomic E-state index is 13.3. The van der Waals surface area contributed by atoms with Gasteiger partial charge in [0.05, 0.1) is 4.90 Å². The van der Waals surface area contributed by atoms with E-state index in [0.29, 0.717) is 5.82 Å². The lowest BCUT2D eigenvalue weighted by Gasteiger charge is -2.16. The number of benzene rings is 2. The lowest BCUT2D eigenvalue weighted by molar-refractivity contribution is 0.596. The van der Waals surface area contributed by atoms with Crippen LogP contribution < -0.4 is 5.32 Å². The van der Waals surface area contributed by atoms with Gasteiger partial charge in [0, 0.05) is 11.4 Å². The number of anilines is 2. The lowest BCUT2D eigenvalue weighted by atomic mass is 10.0. The molecule has 0 saturated carbocycles. The van der Waals surface area contributed by atoms with Crippen molar-refractivity contribution in [2.45, 2.75) is 50.8 Å². The van der Waals surface area contributed by atoms with E-state index in [4.69, 9.17) is 0 Å². The number of nitrogens with zero attached hydrogens (tertiary/aromatic N) is 1. The summed E-state index contributed by atoms with van der Waals surface area (Å²) in [5.74, 6) is 0.353. The molecular formula is C23H26N2O2S. The van der Waals surface area contributed by atoms with Gasteiger partial charge in [-0.3, -0.25) is 0 Å². The first-order valence-corrected chi connectivity index (χ1v) is 10.9. The Morgan fingerprint density at radius 1 is 0.857 bits per heavy atom. The Morgan fingerprint density at radius 3 is 2.14 bits per heavy atom. The summed E-state index contributed by atoms with van der Waals surface area (Å²) in [7, 11) is -3.69. The predicted molar refractivity (Wildman–Crippen MR) is 114 cm³/mol. The van der Waals surface area contributed by atoms with Gasteiger partial charge in [-0.25, -0.2) is 13.4 Å². The van der Waals surface area contributed by atoms with Crippen molar-refractivity contribution >= 4 is 21.3 Å². The van der Waals surface area contributed by atoms with Gasteiger partial charge >= 0.3 is 0 Å². The number of hydrogen-bond donors (Lipinski definition) is 1. The monoisotopic (exact) mass is 394 g/mol. The highest BCUT2D eigenvalue weighted by Gasteiger charge is 2.23. The lowest BCUT2D eigenvalue weighted by Crippen LogP contribution is -2.09. The van der Waals surface area contributed by atoms with Crippen LogP contribution in [-0.2, 0) is 16.3 Å². The van der Waals surface area contributed by atoms with Crippen LogP contribution in [0.4, 0.5) is 11.5 Å². The van der Waals surface area contributed by atoms with E-state index in [1.807, 2.05) is 45.9 Å². The summed E-state index contributed by atoms with van der Waals surface area (Å²) in [5.41, 5.74) is 6.10. The summed E-state index contributed by atoms with van der Waals surface area (Å²) < 4.78 is 26.6. The third kappa shape index (κ3) is 3.94. The normalized spacial score (nSPS) is 11.5. The average Bonchev–Trinajstić information content (AvgIpc) is 2.66. The van der Waals surface area contributed by atoms with Gasteiger partial charge < -0.3 is 5.32 Å². The summed E-state index contributed by atoms with van der Waals surface area (Å²) in [6.07, 6.45) is 0.866. The van der Waals surface area contributed by atoms with Crippen LogP contribution in [0.3, 0.4) is 0 Å². The van der Waals surface area contributed by atoms with Gasteiger partial charge in [-0.2, -0.15) is 0 Å². The smallest absolute Gasteiger partial charge is 0.210 e. The fourth-order valence-electron chi connectivity index (χ4n) is 3.10. The zero-order valence-electron chi connectivity index (χ0n) is 17.0. The molecule has 1 aromatic heterocycles. The molecule has 1 N–H and O–H groups in total. The van der Waals surface area contributed by atoms with Crippen molar-refractivity contribution in [1.82, 2.24) is 4.98 Å². The molecule has 146 valence electrons. The van der Waals surface area contributed by atoms with Gasteiger partial charge in [0.25, 0.3) is 0 Å². The van der Waals surface area contributed by atoms with Crippen LogP contribution in [-0.4, -0.2) is 13.4 Å². The molecule has 0 unspecified atom stereocenters. The highest BCUT2D eigenvalue weighted by Crippen LogP contribution is 2.31. The third-order valence-electron chi connectivity index (χ3n) is 5.02. The van der Waals surface area contributed by atoms with E-state index < -0.39 is 9.84 Å². The molecule has 2 aromatic carbocycles. The predicted octanol–water partition coefficient (Wildman–Crippen LogP) is 5.45. The van der Waals surface area contributed by atoms with E-state index in [0.717, 1.165) is 34.5 Å². The molecule has 0 aliphatic heterocycles. The molecule has 3 aromatic rings. The SMILES string of the molecule is CCc1ccc(S(=O)(=O)c2ccc(C)nc2Nc2cc(C)c(C)cc2C)cc1. The van der Waals surface area contributed by atoms with Gasteiger partial charge in [-0.05, 0) is 86.7 Å². The fourth-order valence-corrected chi connectivity index (χ4v) is 4.45. The Labute approximate surface area is 167 Å². The summed E-state index contributed by atoms with van der Waals surface area (Å²) in [4.78, 5) is 4.95. The average molecular weight is 395 g/mol. The molecule has 0 aliphatic carbocycles. The van der Waals surface area contributed by atoms with Crippen LogP contribution in [0.25, 0.3) is 0 Å². The van der Waals surface area contributed by atoms with Gasteiger partial charge in [-0.1, -0.05) is 25.1 Å². The van der Waals surface area contributed by atoms with Crippen molar-refractivity contribution in [3.63, 3.8) is 0 Å². The first kappa shape index (κ1) is 20.1. The minimum atomic E-state index is -3.69. The molecular weight excluding hydrogens is 368 g/mol. The molecule has 0 atom stereocenters. The topological polar surface area (TPSA) is 59.1 Å². The van der Waals surface area contributed by atoms with Crippen molar-refractivity contribution in [1.29, 1.82) is 0 Å². The maximum absolute atomic E-state index is 13.3. The molecule has 3 rings (SSSR count). The molecule has 0 radical (unpaired) electrons. The Kier molecular flexibility index (Phi) is 5.57. The molecule has 1 heterocycles. The van der Waals surface area contributed by atoms with Crippen LogP contribution in [0.5, 0.6) is 0 Å². The largest absolute Gasteiger partial charge is 0.339 e. The Balaban J connectivity index is 2.09. The Hall–Kier alpha value is -2.66. The number of nitrogens with one attached hydrogen (secondary N) is 1. The standard InChI is InChI=1S/C23H26N2O2S/c1-6-19-8-10-20(11-9-19)28(26,27)22-12-7-18(5)24-23(22)25-21-14-16(3)15(2)13-17(21)4/h7-14H,6H2,1-5H3,(H,24,25). The molecule has 0 spiro atoms. The fraction of sp³-hybridized carbons (Fsp3) is 0.261. The Morgan fingerprint density at radius 2 is 1.50 bits per heavy atom. The van der Waals surface area contributed by atoms with E-state index >= 15 is 0 Å². The molecule has 0 fully saturated rings. The highest BCUT2D eigenvalue weighted by molar-refractivity contribution is 7.91. The molecule has 4 nitrogen and oxygen atoms in total. The number of aromatic nitrogens is 1. The van der Waals surface area contributed by atoms with Gasteiger partial charge in [0.1, 0.15) is 10.7 Å². The summed E-state index contributed by atoms with van der Waals surface area (Å²) in [6.45, 7) is 10.00. The summed E-state index contributed by atoms with van der Waals surface area (Å²) >= 11 is 0. The highest BCUT2D eigenvalue weighted by atomic mass is 32.2. The van der Waals surface area contributed by atoms with Crippen molar-refractivity contribution in [3.8, 4) is 0 Å². The van der Waals surface area contributed by atoms with E-state index in [2.05, 4.69) is 23.3 Å². The molecule has 28 heavy (non-hydrogen) atoms. The zero-order valence-corrected chi connectivity index (χ0v) is 17.8. The van der Waals surface area contributed by atoms with Crippen molar-refractivity contribution in [3.05, 3.63) is 76.5 Å². The first-order valence-electron chi connectivity index (χ1n) is 9.39. The van der Waals surface area contributed by atoms with Gasteiger partial charge in [0.15, 0.2) is 0 Å². The third-order valence-corrected chi connectivity index (χ3v) is 6.82.